The molecule has 0 saturated heterocycles. The van der Waals surface area contributed by atoms with Crippen LogP contribution in [-0.2, 0) is 66.1 Å². The zero-order valence-electron chi connectivity index (χ0n) is 44.2. The van der Waals surface area contributed by atoms with E-state index < -0.39 is 118 Å². The molecule has 2 aliphatic carbocycles. The molecule has 2 unspecified atom stereocenters. The van der Waals surface area contributed by atoms with Crippen molar-refractivity contribution in [1.29, 1.82) is 0 Å². The Labute approximate surface area is 461 Å². The average molecular weight is 1210 g/mol. The summed E-state index contributed by atoms with van der Waals surface area (Å²) in [5.41, 5.74) is -4.93. The Morgan fingerprint density at radius 1 is 0.562 bits per heavy atom. The third-order valence-electron chi connectivity index (χ3n) is 12.0. The van der Waals surface area contributed by atoms with E-state index in [1.54, 1.807) is 66.7 Å². The number of fused-ring (bicyclic) bond motifs is 2. The van der Waals surface area contributed by atoms with Crippen LogP contribution in [0, 0.1) is 0 Å². The van der Waals surface area contributed by atoms with Crippen LogP contribution in [0.1, 0.15) is 136 Å². The Hall–Kier alpha value is -6.79. The van der Waals surface area contributed by atoms with Gasteiger partial charge in [0.25, 0.3) is 0 Å². The number of alkyl halides is 12. The molecule has 0 bridgehead atoms. The number of carbonyl (C=O) groups is 5. The molecule has 0 aromatic heterocycles. The largest absolute Gasteiger partial charge is 0.463 e. The summed E-state index contributed by atoms with van der Waals surface area (Å²) in [6.07, 6.45) is -17.3. The van der Waals surface area contributed by atoms with E-state index >= 15 is 0 Å². The van der Waals surface area contributed by atoms with Gasteiger partial charge in [-0.1, -0.05) is 40.2 Å². The van der Waals surface area contributed by atoms with Crippen molar-refractivity contribution in [3.8, 4) is 0 Å². The molecule has 2 N–H and O–H groups in total. The second kappa shape index (κ2) is 25.3. The van der Waals surface area contributed by atoms with Gasteiger partial charge in [-0.25, -0.2) is 14.4 Å². The first-order valence-electron chi connectivity index (χ1n) is 24.7. The van der Waals surface area contributed by atoms with Gasteiger partial charge in [0.2, 0.25) is 11.8 Å². The van der Waals surface area contributed by atoms with Crippen molar-refractivity contribution in [2.24, 2.45) is 0 Å². The molecule has 0 spiro atoms. The van der Waals surface area contributed by atoms with Crippen LogP contribution < -0.4 is 10.6 Å². The fourth-order valence-corrected chi connectivity index (χ4v) is 9.03. The molecule has 6 rings (SSSR count). The van der Waals surface area contributed by atoms with Crippen LogP contribution in [0.4, 0.5) is 73.6 Å². The molecule has 25 heteroatoms. The first kappa shape index (κ1) is 64.0. The Morgan fingerprint density at radius 3 is 1.30 bits per heavy atom. The van der Waals surface area contributed by atoms with Gasteiger partial charge in [-0.3, -0.25) is 9.59 Å². The lowest BCUT2D eigenvalue weighted by Gasteiger charge is -2.32. The molecule has 0 fully saturated rings. The van der Waals surface area contributed by atoms with E-state index in [0.717, 1.165) is 32.3 Å². The van der Waals surface area contributed by atoms with Gasteiger partial charge in [-0.15, -0.1) is 0 Å². The predicted molar refractivity (Wildman–Crippen MR) is 274 cm³/mol. The number of ether oxygens (including phenoxy) is 3. The highest BCUT2D eigenvalue weighted by molar-refractivity contribution is 9.10. The molecular weight excluding hydrogens is 1150 g/mol. The number of nitrogens with one attached hydrogen (secondary N) is 2. The van der Waals surface area contributed by atoms with Crippen molar-refractivity contribution in [2.45, 2.75) is 135 Å². The quantitative estimate of drug-likeness (QED) is 0.0583. The minimum atomic E-state index is -5.07. The second-order valence-electron chi connectivity index (χ2n) is 20.5. The van der Waals surface area contributed by atoms with Gasteiger partial charge >= 0.3 is 42.9 Å². The smallest absolute Gasteiger partial charge is 0.416 e. The molecule has 0 heterocycles. The van der Waals surface area contributed by atoms with Crippen LogP contribution in [0.3, 0.4) is 0 Å². The predicted octanol–water partition coefficient (Wildman–Crippen LogP) is 15.3. The Bertz CT molecular complexity index is 2880. The zero-order chi connectivity index (χ0) is 59.9. The van der Waals surface area contributed by atoms with E-state index in [0.29, 0.717) is 49.9 Å². The zero-order valence-corrected chi connectivity index (χ0v) is 45.8. The van der Waals surface area contributed by atoms with Gasteiger partial charge in [-0.05, 0) is 157 Å². The van der Waals surface area contributed by atoms with E-state index in [1.807, 2.05) is 24.3 Å². The lowest BCUT2D eigenvalue weighted by molar-refractivity contribution is -0.144. The van der Waals surface area contributed by atoms with Gasteiger partial charge in [0, 0.05) is 47.9 Å². The van der Waals surface area contributed by atoms with Crippen LogP contribution in [-0.4, -0.2) is 70.7 Å². The Morgan fingerprint density at radius 2 is 0.938 bits per heavy atom. The molecule has 2 atom stereocenters. The number of halogens is 13. The van der Waals surface area contributed by atoms with Gasteiger partial charge in [0.1, 0.15) is 11.2 Å². The highest BCUT2D eigenvalue weighted by atomic mass is 79.9. The number of nitrogens with zero attached hydrogens (tertiary/aromatic N) is 2. The van der Waals surface area contributed by atoms with Crippen LogP contribution in [0.5, 0.6) is 0 Å². The molecule has 12 nitrogen and oxygen atoms in total. The number of hydrogen-bond donors (Lipinski definition) is 2. The normalized spacial score (nSPS) is 15.5. The van der Waals surface area contributed by atoms with E-state index in [4.69, 9.17) is 14.2 Å². The molecule has 4 amide bonds. The third-order valence-corrected chi connectivity index (χ3v) is 12.5. The van der Waals surface area contributed by atoms with Crippen molar-refractivity contribution in [1.82, 2.24) is 9.80 Å². The van der Waals surface area contributed by atoms with E-state index in [1.165, 1.54) is 15.9 Å². The molecule has 80 heavy (non-hydrogen) atoms. The first-order chi connectivity index (χ1) is 36.8. The van der Waals surface area contributed by atoms with Gasteiger partial charge in [-0.2, -0.15) is 52.7 Å². The molecule has 4 aromatic carbocycles. The number of anilines is 2. The first-order valence-corrected chi connectivity index (χ1v) is 25.5. The SMILES string of the molecule is CC(C)(C)OC(=O)N(CCC(=O)Nc1cc(C(F)(F)F)cc(C(F)(F)F)c1)C1CCc2cc(Br)ccc21.CCOC(=O)/C=C/c1ccc2c(c1)CCC2N(CCC(=O)Nc1cc(C(F)(F)F)cc(C(F)(F)F)c1)C(=O)OC(C)(C)C. The molecule has 4 aromatic rings. The maximum Gasteiger partial charge on any atom is 0.416 e. The van der Waals surface area contributed by atoms with Gasteiger partial charge in [0.15, 0.2) is 0 Å². The van der Waals surface area contributed by atoms with E-state index in [9.17, 15) is 76.7 Å². The van der Waals surface area contributed by atoms with Crippen LogP contribution in [0.15, 0.2) is 83.3 Å². The highest BCUT2D eigenvalue weighted by Gasteiger charge is 2.40. The maximum atomic E-state index is 13.2. The van der Waals surface area contributed by atoms with Crippen molar-refractivity contribution in [3.63, 3.8) is 0 Å². The summed E-state index contributed by atoms with van der Waals surface area (Å²) >= 11 is 3.41. The average Bonchev–Trinajstić information content (AvgIpc) is 3.92. The third kappa shape index (κ3) is 18.6. The maximum absolute atomic E-state index is 13.2. The monoisotopic (exact) mass is 1210 g/mol. The molecule has 0 saturated carbocycles. The second-order valence-corrected chi connectivity index (χ2v) is 21.4. The van der Waals surface area contributed by atoms with Crippen molar-refractivity contribution >= 4 is 63.4 Å². The summed E-state index contributed by atoms with van der Waals surface area (Å²) in [6, 6.07) is 11.7. The molecular formula is C55H57BrF12N4O8. The summed E-state index contributed by atoms with van der Waals surface area (Å²) in [5.74, 6) is -2.23. The fourth-order valence-electron chi connectivity index (χ4n) is 8.62. The number of amides is 4. The van der Waals surface area contributed by atoms with Gasteiger partial charge in [0.05, 0.1) is 40.9 Å². The van der Waals surface area contributed by atoms with Crippen LogP contribution in [0.25, 0.3) is 6.08 Å². The minimum Gasteiger partial charge on any atom is -0.463 e. The molecule has 0 radical (unpaired) electrons. The van der Waals surface area contributed by atoms with Crippen LogP contribution in [0.2, 0.25) is 0 Å². The number of benzene rings is 4. The topological polar surface area (TPSA) is 144 Å². The summed E-state index contributed by atoms with van der Waals surface area (Å²) < 4.78 is 175. The van der Waals surface area contributed by atoms with Crippen molar-refractivity contribution < 1.29 is 90.9 Å². The summed E-state index contributed by atoms with van der Waals surface area (Å²) in [4.78, 5) is 65.9. The van der Waals surface area contributed by atoms with Crippen molar-refractivity contribution in [2.75, 3.05) is 30.3 Å². The molecule has 436 valence electrons. The Balaban J connectivity index is 0.000000297. The number of carbonyl (C=O) groups excluding carboxylic acids is 5. The summed E-state index contributed by atoms with van der Waals surface area (Å²) in [5, 5.41) is 4.20. The number of esters is 1. The number of aryl methyl sites for hydroxylation is 2. The van der Waals surface area contributed by atoms with E-state index in [2.05, 4.69) is 26.6 Å². The number of rotatable bonds is 13. The summed E-state index contributed by atoms with van der Waals surface area (Å²) in [7, 11) is 0. The molecule has 0 aliphatic heterocycles. The number of hydrogen-bond acceptors (Lipinski definition) is 8. The van der Waals surface area contributed by atoms with Crippen molar-refractivity contribution in [3.05, 3.63) is 133 Å². The fraction of sp³-hybridized carbons (Fsp3) is 0.436. The molecule has 2 aliphatic rings. The standard InChI is InChI=1S/C30H32F6N2O5.C25H25BrF6N2O3/c1-5-42-26(40)11-7-18-6-9-23-19(14-18)8-10-24(23)38(27(41)43-28(2,3)4)13-12-25(39)37-22-16-20(29(31,32)33)15-21(17-22)30(34,35)36;1-23(2,3)37-22(36)34(20-7-4-14-10-17(26)5-6-19(14)20)9-8-21(35)33-18-12-15(24(27,28)29)11-16(13-18)25(30,31)32/h6-7,9,11,14-17,24H,5,8,10,12-13H2,1-4H3,(H,37,39);5-6,10-13,20H,4,7-9H2,1-3H3,(H,33,35)/b11-7+;. The highest BCUT2D eigenvalue weighted by Crippen LogP contribution is 2.42. The van der Waals surface area contributed by atoms with E-state index in [-0.39, 0.29) is 38.2 Å². The lowest BCUT2D eigenvalue weighted by atomic mass is 10.0. The summed E-state index contributed by atoms with van der Waals surface area (Å²) in [6.45, 7) is 11.6. The lowest BCUT2D eigenvalue weighted by Crippen LogP contribution is -2.40. The van der Waals surface area contributed by atoms with Crippen LogP contribution >= 0.6 is 15.9 Å². The van der Waals surface area contributed by atoms with Gasteiger partial charge < -0.3 is 34.6 Å². The minimum absolute atomic E-state index is 0.0181. The Kier molecular flexibility index (Phi) is 20.3.